The third-order valence-electron chi connectivity index (χ3n) is 1.37. The standard InChI is InChI=1S/C8H19NO2/c1-3-11-7-6-9-5-4-8(2)10/h8-10H,3-7H2,1-2H3. The first-order valence-electron chi connectivity index (χ1n) is 4.24. The molecule has 3 heteroatoms. The summed E-state index contributed by atoms with van der Waals surface area (Å²) in [6, 6.07) is 0. The average Bonchev–Trinajstić information content (AvgIpc) is 1.96. The maximum atomic E-state index is 8.88. The van der Waals surface area contributed by atoms with E-state index in [-0.39, 0.29) is 6.10 Å². The number of nitrogens with one attached hydrogen (secondary N) is 1. The van der Waals surface area contributed by atoms with Gasteiger partial charge in [0, 0.05) is 13.2 Å². The lowest BCUT2D eigenvalue weighted by Gasteiger charge is -2.05. The minimum atomic E-state index is -0.199. The fourth-order valence-electron chi connectivity index (χ4n) is 0.725. The van der Waals surface area contributed by atoms with E-state index in [1.807, 2.05) is 6.92 Å². The molecule has 0 aliphatic rings. The van der Waals surface area contributed by atoms with Crippen LogP contribution in [0.2, 0.25) is 0 Å². The van der Waals surface area contributed by atoms with Crippen LogP contribution < -0.4 is 5.32 Å². The minimum Gasteiger partial charge on any atom is -0.393 e. The van der Waals surface area contributed by atoms with Crippen molar-refractivity contribution in [2.75, 3.05) is 26.3 Å². The molecule has 0 aliphatic heterocycles. The van der Waals surface area contributed by atoms with Crippen molar-refractivity contribution >= 4 is 0 Å². The minimum absolute atomic E-state index is 0.199. The Morgan fingerprint density at radius 3 is 2.73 bits per heavy atom. The Labute approximate surface area is 68.8 Å². The second kappa shape index (κ2) is 7.98. The van der Waals surface area contributed by atoms with Gasteiger partial charge in [-0.3, -0.25) is 0 Å². The van der Waals surface area contributed by atoms with Crippen LogP contribution in [0.25, 0.3) is 0 Å². The zero-order valence-corrected chi connectivity index (χ0v) is 7.47. The molecule has 0 radical (unpaired) electrons. The van der Waals surface area contributed by atoms with Crippen molar-refractivity contribution in [1.82, 2.24) is 5.32 Å². The first-order chi connectivity index (χ1) is 5.27. The summed E-state index contributed by atoms with van der Waals surface area (Å²) in [5, 5.41) is 12.1. The van der Waals surface area contributed by atoms with Gasteiger partial charge in [-0.1, -0.05) is 0 Å². The lowest BCUT2D eigenvalue weighted by Crippen LogP contribution is -2.23. The van der Waals surface area contributed by atoms with E-state index in [9.17, 15) is 0 Å². The number of hydrogen-bond donors (Lipinski definition) is 2. The van der Waals surface area contributed by atoms with Crippen LogP contribution in [-0.4, -0.2) is 37.5 Å². The largest absolute Gasteiger partial charge is 0.393 e. The van der Waals surface area contributed by atoms with Crippen LogP contribution >= 0.6 is 0 Å². The molecule has 11 heavy (non-hydrogen) atoms. The molecule has 0 aromatic carbocycles. The van der Waals surface area contributed by atoms with Gasteiger partial charge >= 0.3 is 0 Å². The molecule has 0 heterocycles. The summed E-state index contributed by atoms with van der Waals surface area (Å²) in [6.07, 6.45) is 0.612. The Bertz CT molecular complexity index is 76.5. The zero-order valence-electron chi connectivity index (χ0n) is 7.47. The molecule has 0 saturated heterocycles. The van der Waals surface area contributed by atoms with Crippen molar-refractivity contribution < 1.29 is 9.84 Å². The Morgan fingerprint density at radius 1 is 1.45 bits per heavy atom. The number of hydrogen-bond acceptors (Lipinski definition) is 3. The average molecular weight is 161 g/mol. The van der Waals surface area contributed by atoms with Crippen molar-refractivity contribution in [3.8, 4) is 0 Å². The highest BCUT2D eigenvalue weighted by Crippen LogP contribution is 1.84. The summed E-state index contributed by atoms with van der Waals surface area (Å²) in [5.74, 6) is 0. The molecule has 0 spiro atoms. The third-order valence-corrected chi connectivity index (χ3v) is 1.37. The molecule has 1 unspecified atom stereocenters. The quantitative estimate of drug-likeness (QED) is 0.530. The second-order valence-electron chi connectivity index (χ2n) is 2.58. The Balaban J connectivity index is 2.80. The molecule has 0 aliphatic carbocycles. The molecule has 3 nitrogen and oxygen atoms in total. The first-order valence-corrected chi connectivity index (χ1v) is 4.24. The van der Waals surface area contributed by atoms with Crippen LogP contribution in [0, 0.1) is 0 Å². The number of ether oxygens (including phenoxy) is 1. The van der Waals surface area contributed by atoms with Crippen LogP contribution in [0.5, 0.6) is 0 Å². The molecule has 0 aromatic rings. The summed E-state index contributed by atoms with van der Waals surface area (Å²) in [5.41, 5.74) is 0. The SMILES string of the molecule is CCOCCNCCC(C)O. The van der Waals surface area contributed by atoms with E-state index in [1.165, 1.54) is 0 Å². The highest BCUT2D eigenvalue weighted by atomic mass is 16.5. The molecular formula is C8H19NO2. The summed E-state index contributed by atoms with van der Waals surface area (Å²) >= 11 is 0. The molecule has 68 valence electrons. The van der Waals surface area contributed by atoms with E-state index in [2.05, 4.69) is 5.32 Å². The van der Waals surface area contributed by atoms with Crippen molar-refractivity contribution in [2.45, 2.75) is 26.4 Å². The summed E-state index contributed by atoms with van der Waals surface area (Å²) < 4.78 is 5.12. The maximum absolute atomic E-state index is 8.88. The van der Waals surface area contributed by atoms with E-state index >= 15 is 0 Å². The highest BCUT2D eigenvalue weighted by Gasteiger charge is 1.93. The van der Waals surface area contributed by atoms with Crippen LogP contribution in [0.15, 0.2) is 0 Å². The Kier molecular flexibility index (Phi) is 7.89. The Morgan fingerprint density at radius 2 is 2.18 bits per heavy atom. The van der Waals surface area contributed by atoms with Gasteiger partial charge in [-0.15, -0.1) is 0 Å². The molecule has 1 atom stereocenters. The van der Waals surface area contributed by atoms with Gasteiger partial charge < -0.3 is 15.2 Å². The lowest BCUT2D eigenvalue weighted by molar-refractivity contribution is 0.146. The molecule has 0 aromatic heterocycles. The van der Waals surface area contributed by atoms with Crippen LogP contribution in [-0.2, 0) is 4.74 Å². The van der Waals surface area contributed by atoms with Crippen molar-refractivity contribution in [3.63, 3.8) is 0 Å². The van der Waals surface area contributed by atoms with Crippen LogP contribution in [0.4, 0.5) is 0 Å². The van der Waals surface area contributed by atoms with Gasteiger partial charge in [0.2, 0.25) is 0 Å². The summed E-state index contributed by atoms with van der Waals surface area (Å²) in [6.45, 7) is 7.06. The fraction of sp³-hybridized carbons (Fsp3) is 1.00. The smallest absolute Gasteiger partial charge is 0.0590 e. The molecule has 0 rings (SSSR count). The van der Waals surface area contributed by atoms with Gasteiger partial charge in [0.05, 0.1) is 12.7 Å². The van der Waals surface area contributed by atoms with Gasteiger partial charge in [-0.05, 0) is 26.8 Å². The molecular weight excluding hydrogens is 142 g/mol. The molecule has 0 bridgehead atoms. The summed E-state index contributed by atoms with van der Waals surface area (Å²) in [7, 11) is 0. The third kappa shape index (κ3) is 9.88. The van der Waals surface area contributed by atoms with E-state index in [0.717, 1.165) is 32.7 Å². The van der Waals surface area contributed by atoms with E-state index in [1.54, 1.807) is 6.92 Å². The predicted molar refractivity (Wildman–Crippen MR) is 45.7 cm³/mol. The van der Waals surface area contributed by atoms with Gasteiger partial charge in [-0.2, -0.15) is 0 Å². The number of rotatable bonds is 7. The van der Waals surface area contributed by atoms with Crippen molar-refractivity contribution in [3.05, 3.63) is 0 Å². The van der Waals surface area contributed by atoms with E-state index in [4.69, 9.17) is 9.84 Å². The fourth-order valence-corrected chi connectivity index (χ4v) is 0.725. The van der Waals surface area contributed by atoms with E-state index in [0.29, 0.717) is 0 Å². The maximum Gasteiger partial charge on any atom is 0.0590 e. The first kappa shape index (κ1) is 10.9. The van der Waals surface area contributed by atoms with Crippen molar-refractivity contribution in [1.29, 1.82) is 0 Å². The highest BCUT2D eigenvalue weighted by molar-refractivity contribution is 4.51. The molecule has 2 N–H and O–H groups in total. The van der Waals surface area contributed by atoms with Crippen LogP contribution in [0.1, 0.15) is 20.3 Å². The number of aliphatic hydroxyl groups is 1. The zero-order chi connectivity index (χ0) is 8.53. The predicted octanol–water partition coefficient (Wildman–Crippen LogP) is 0.383. The van der Waals surface area contributed by atoms with Gasteiger partial charge in [-0.25, -0.2) is 0 Å². The lowest BCUT2D eigenvalue weighted by atomic mass is 10.3. The monoisotopic (exact) mass is 161 g/mol. The normalized spacial score (nSPS) is 13.4. The topological polar surface area (TPSA) is 41.5 Å². The van der Waals surface area contributed by atoms with Crippen LogP contribution in [0.3, 0.4) is 0 Å². The Hall–Kier alpha value is -0.120. The molecule has 0 saturated carbocycles. The molecule has 0 fully saturated rings. The van der Waals surface area contributed by atoms with E-state index < -0.39 is 0 Å². The number of aliphatic hydroxyl groups excluding tert-OH is 1. The second-order valence-corrected chi connectivity index (χ2v) is 2.58. The van der Waals surface area contributed by atoms with Gasteiger partial charge in [0.25, 0.3) is 0 Å². The molecule has 0 amide bonds. The van der Waals surface area contributed by atoms with Gasteiger partial charge in [0.15, 0.2) is 0 Å². The van der Waals surface area contributed by atoms with Gasteiger partial charge in [0.1, 0.15) is 0 Å². The summed E-state index contributed by atoms with van der Waals surface area (Å²) in [4.78, 5) is 0. The van der Waals surface area contributed by atoms with Crippen molar-refractivity contribution in [2.24, 2.45) is 0 Å².